The van der Waals surface area contributed by atoms with E-state index in [0.717, 1.165) is 36.5 Å². The molecule has 2 aromatic rings. The van der Waals surface area contributed by atoms with E-state index >= 15 is 0 Å². The van der Waals surface area contributed by atoms with Crippen molar-refractivity contribution in [3.63, 3.8) is 0 Å². The maximum Gasteiger partial charge on any atom is 0.258 e. The zero-order valence-electron chi connectivity index (χ0n) is 12.8. The van der Waals surface area contributed by atoms with Gasteiger partial charge in [0.2, 0.25) is 0 Å². The molecule has 2 N–H and O–H groups in total. The number of nitrogens with zero attached hydrogens (tertiary/aromatic N) is 2. The number of rotatable bonds is 5. The van der Waals surface area contributed by atoms with Gasteiger partial charge in [-0.25, -0.2) is 9.97 Å². The summed E-state index contributed by atoms with van der Waals surface area (Å²) >= 11 is 0. The average Bonchev–Trinajstić information content (AvgIpc) is 2.55. The van der Waals surface area contributed by atoms with Crippen LogP contribution in [0.1, 0.15) is 19.3 Å². The lowest BCUT2D eigenvalue weighted by Gasteiger charge is -2.22. The average molecular weight is 323 g/mol. The van der Waals surface area contributed by atoms with Crippen LogP contribution in [0, 0.1) is 5.92 Å². The molecule has 5 nitrogen and oxygen atoms in total. The summed E-state index contributed by atoms with van der Waals surface area (Å²) in [5.41, 5.74) is 1.75. The summed E-state index contributed by atoms with van der Waals surface area (Å²) in [5.74, 6) is 2.07. The largest absolute Gasteiger partial charge is 0.475 e. The fraction of sp³-hybridized carbons (Fsp3) is 0.500. The number of benzene rings is 1. The number of para-hydroxylation sites is 2. The molecule has 0 unspecified atom stereocenters. The van der Waals surface area contributed by atoms with Gasteiger partial charge >= 0.3 is 0 Å². The Morgan fingerprint density at radius 2 is 1.86 bits per heavy atom. The minimum Gasteiger partial charge on any atom is -0.475 e. The van der Waals surface area contributed by atoms with Crippen LogP contribution in [0.4, 0.5) is 5.82 Å². The van der Waals surface area contributed by atoms with Gasteiger partial charge in [0.05, 0.1) is 17.6 Å². The Balaban J connectivity index is 0.00000176. The van der Waals surface area contributed by atoms with E-state index in [1.807, 2.05) is 31.3 Å². The molecule has 120 valence electrons. The van der Waals surface area contributed by atoms with E-state index in [2.05, 4.69) is 20.6 Å². The van der Waals surface area contributed by atoms with Gasteiger partial charge < -0.3 is 15.4 Å². The van der Waals surface area contributed by atoms with E-state index in [-0.39, 0.29) is 12.4 Å². The van der Waals surface area contributed by atoms with Crippen molar-refractivity contribution >= 4 is 29.3 Å². The molecule has 0 bridgehead atoms. The van der Waals surface area contributed by atoms with E-state index in [0.29, 0.717) is 18.3 Å². The lowest BCUT2D eigenvalue weighted by molar-refractivity contribution is 0.246. The number of aromatic nitrogens is 2. The molecule has 1 fully saturated rings. The first-order chi connectivity index (χ1) is 10.4. The third kappa shape index (κ3) is 3.99. The molecule has 6 heteroatoms. The van der Waals surface area contributed by atoms with E-state index < -0.39 is 0 Å². The van der Waals surface area contributed by atoms with Crippen molar-refractivity contribution in [1.82, 2.24) is 15.3 Å². The zero-order valence-corrected chi connectivity index (χ0v) is 13.7. The van der Waals surface area contributed by atoms with Gasteiger partial charge in [0.25, 0.3) is 5.88 Å². The topological polar surface area (TPSA) is 59.1 Å². The summed E-state index contributed by atoms with van der Waals surface area (Å²) in [6.45, 7) is 2.96. The highest BCUT2D eigenvalue weighted by Gasteiger charge is 2.14. The Morgan fingerprint density at radius 3 is 2.55 bits per heavy atom. The third-order valence-corrected chi connectivity index (χ3v) is 4.00. The lowest BCUT2D eigenvalue weighted by atomic mass is 9.95. The first-order valence-electron chi connectivity index (χ1n) is 7.65. The Labute approximate surface area is 137 Å². The lowest BCUT2D eigenvalue weighted by Crippen LogP contribution is -2.28. The molecule has 0 aliphatic carbocycles. The summed E-state index contributed by atoms with van der Waals surface area (Å²) in [4.78, 5) is 9.12. The summed E-state index contributed by atoms with van der Waals surface area (Å²) in [6, 6.07) is 7.85. The number of nitrogens with one attached hydrogen (secondary N) is 2. The maximum atomic E-state index is 5.88. The van der Waals surface area contributed by atoms with Crippen molar-refractivity contribution in [3.8, 4) is 5.88 Å². The fourth-order valence-electron chi connectivity index (χ4n) is 2.74. The van der Waals surface area contributed by atoms with Crippen LogP contribution in [0.25, 0.3) is 11.0 Å². The zero-order chi connectivity index (χ0) is 14.5. The van der Waals surface area contributed by atoms with Gasteiger partial charge in [0, 0.05) is 7.05 Å². The minimum absolute atomic E-state index is 0. The van der Waals surface area contributed by atoms with E-state index in [9.17, 15) is 0 Å². The normalized spacial score (nSPS) is 15.3. The third-order valence-electron chi connectivity index (χ3n) is 4.00. The number of fused-ring (bicyclic) bond motifs is 1. The van der Waals surface area contributed by atoms with Gasteiger partial charge in [0.1, 0.15) is 0 Å². The Hall–Kier alpha value is -1.59. The summed E-state index contributed by atoms with van der Waals surface area (Å²) in [6.07, 6.45) is 3.57. The van der Waals surface area contributed by atoms with Crippen LogP contribution in [0.3, 0.4) is 0 Å². The molecule has 0 spiro atoms. The van der Waals surface area contributed by atoms with Crippen LogP contribution in [0.15, 0.2) is 24.3 Å². The van der Waals surface area contributed by atoms with Gasteiger partial charge in [-0.2, -0.15) is 0 Å². The molecule has 1 saturated heterocycles. The van der Waals surface area contributed by atoms with Crippen LogP contribution in [0.2, 0.25) is 0 Å². The number of hydrogen-bond donors (Lipinski definition) is 2. The molecule has 0 radical (unpaired) electrons. The SMILES string of the molecule is CNc1nc2ccccc2nc1OCCC1CCNCC1.Cl. The van der Waals surface area contributed by atoms with Crippen molar-refractivity contribution in [3.05, 3.63) is 24.3 Å². The molecule has 2 heterocycles. The molecule has 1 aliphatic heterocycles. The summed E-state index contributed by atoms with van der Waals surface area (Å²) in [7, 11) is 1.85. The number of hydrogen-bond acceptors (Lipinski definition) is 5. The van der Waals surface area contributed by atoms with E-state index in [1.54, 1.807) is 0 Å². The van der Waals surface area contributed by atoms with Crippen LogP contribution >= 0.6 is 12.4 Å². The Kier molecular flexibility index (Phi) is 6.21. The van der Waals surface area contributed by atoms with Crippen LogP contribution in [-0.2, 0) is 0 Å². The molecule has 0 saturated carbocycles. The standard InChI is InChI=1S/C16H22N4O.ClH/c1-17-15-16(20-14-5-3-2-4-13(14)19-15)21-11-8-12-6-9-18-10-7-12;/h2-5,12,18H,6-11H2,1H3,(H,17,19);1H. The first-order valence-corrected chi connectivity index (χ1v) is 7.65. The number of ether oxygens (including phenoxy) is 1. The molecule has 0 amide bonds. The fourth-order valence-corrected chi connectivity index (χ4v) is 2.74. The first kappa shape index (κ1) is 16.8. The van der Waals surface area contributed by atoms with Crippen molar-refractivity contribution < 1.29 is 4.74 Å². The number of anilines is 1. The second-order valence-electron chi connectivity index (χ2n) is 5.45. The van der Waals surface area contributed by atoms with Gasteiger partial charge in [-0.1, -0.05) is 12.1 Å². The predicted octanol–water partition coefficient (Wildman–Crippen LogP) is 2.86. The van der Waals surface area contributed by atoms with E-state index in [4.69, 9.17) is 4.74 Å². The van der Waals surface area contributed by atoms with Crippen molar-refractivity contribution in [2.45, 2.75) is 19.3 Å². The van der Waals surface area contributed by atoms with Crippen molar-refractivity contribution in [2.24, 2.45) is 5.92 Å². The smallest absolute Gasteiger partial charge is 0.258 e. The second-order valence-corrected chi connectivity index (χ2v) is 5.45. The summed E-state index contributed by atoms with van der Waals surface area (Å²) in [5, 5.41) is 6.46. The highest BCUT2D eigenvalue weighted by atomic mass is 35.5. The number of halogens is 1. The van der Waals surface area contributed by atoms with Gasteiger partial charge in [-0.15, -0.1) is 12.4 Å². The van der Waals surface area contributed by atoms with Crippen LogP contribution < -0.4 is 15.4 Å². The Morgan fingerprint density at radius 1 is 1.18 bits per heavy atom. The minimum atomic E-state index is 0. The molecule has 1 aromatic heterocycles. The monoisotopic (exact) mass is 322 g/mol. The molecule has 3 rings (SSSR count). The van der Waals surface area contributed by atoms with Crippen molar-refractivity contribution in [2.75, 3.05) is 32.1 Å². The molecule has 0 atom stereocenters. The van der Waals surface area contributed by atoms with Crippen LogP contribution in [-0.4, -0.2) is 36.7 Å². The quantitative estimate of drug-likeness (QED) is 0.886. The van der Waals surface area contributed by atoms with Crippen LogP contribution in [0.5, 0.6) is 5.88 Å². The van der Waals surface area contributed by atoms with Gasteiger partial charge in [0.15, 0.2) is 5.82 Å². The van der Waals surface area contributed by atoms with Gasteiger partial charge in [-0.3, -0.25) is 0 Å². The summed E-state index contributed by atoms with van der Waals surface area (Å²) < 4.78 is 5.88. The molecular formula is C16H23ClN4O. The second kappa shape index (κ2) is 8.15. The molecule has 1 aliphatic rings. The highest BCUT2D eigenvalue weighted by Crippen LogP contribution is 2.24. The highest BCUT2D eigenvalue weighted by molar-refractivity contribution is 5.85. The van der Waals surface area contributed by atoms with Crippen molar-refractivity contribution in [1.29, 1.82) is 0 Å². The molecule has 22 heavy (non-hydrogen) atoms. The molecule has 1 aromatic carbocycles. The molecular weight excluding hydrogens is 300 g/mol. The Bertz CT molecular complexity index is 602. The predicted molar refractivity (Wildman–Crippen MR) is 92.0 cm³/mol. The number of piperidine rings is 1. The van der Waals surface area contributed by atoms with E-state index in [1.165, 1.54) is 12.8 Å². The maximum absolute atomic E-state index is 5.88. The van der Waals surface area contributed by atoms with Gasteiger partial charge in [-0.05, 0) is 50.4 Å².